The molecule has 0 unspecified atom stereocenters. The van der Waals surface area contributed by atoms with Gasteiger partial charge in [0.2, 0.25) is 5.91 Å². The SMILES string of the molecule is CCCN(c1cccc(-c2nccc(C)c2C)c1NC(C)=O)n1ccnc1. The van der Waals surface area contributed by atoms with Gasteiger partial charge in [-0.05, 0) is 43.5 Å². The molecule has 0 aliphatic carbocycles. The second-order valence-electron chi connectivity index (χ2n) is 6.55. The number of hydrogen-bond acceptors (Lipinski definition) is 4. The highest BCUT2D eigenvalue weighted by atomic mass is 16.1. The predicted molar refractivity (Wildman–Crippen MR) is 109 cm³/mol. The number of pyridine rings is 1. The second kappa shape index (κ2) is 8.03. The number of benzene rings is 1. The molecular weight excluding hydrogens is 338 g/mol. The van der Waals surface area contributed by atoms with Crippen LogP contribution >= 0.6 is 0 Å². The van der Waals surface area contributed by atoms with Crippen LogP contribution < -0.4 is 10.3 Å². The molecular formula is C21H25N5O. The number of nitrogens with zero attached hydrogens (tertiary/aromatic N) is 4. The molecule has 0 radical (unpaired) electrons. The fourth-order valence-electron chi connectivity index (χ4n) is 3.13. The van der Waals surface area contributed by atoms with Gasteiger partial charge in [0, 0.05) is 37.6 Å². The van der Waals surface area contributed by atoms with Gasteiger partial charge in [0.05, 0.1) is 17.1 Å². The molecule has 2 aromatic heterocycles. The van der Waals surface area contributed by atoms with Crippen LogP contribution in [0.15, 0.2) is 49.2 Å². The van der Waals surface area contributed by atoms with Gasteiger partial charge in [0.15, 0.2) is 0 Å². The number of rotatable bonds is 6. The Labute approximate surface area is 159 Å². The van der Waals surface area contributed by atoms with Crippen molar-refractivity contribution in [2.75, 3.05) is 16.9 Å². The fourth-order valence-corrected chi connectivity index (χ4v) is 3.13. The molecule has 0 saturated heterocycles. The van der Waals surface area contributed by atoms with E-state index in [9.17, 15) is 4.79 Å². The first-order valence-corrected chi connectivity index (χ1v) is 9.12. The summed E-state index contributed by atoms with van der Waals surface area (Å²) in [5, 5.41) is 5.14. The zero-order chi connectivity index (χ0) is 19.4. The Morgan fingerprint density at radius 2 is 2.04 bits per heavy atom. The lowest BCUT2D eigenvalue weighted by molar-refractivity contribution is -0.114. The highest BCUT2D eigenvalue weighted by molar-refractivity contribution is 5.99. The number of amides is 1. The Bertz CT molecular complexity index is 934. The van der Waals surface area contributed by atoms with Crippen LogP contribution in [0, 0.1) is 13.8 Å². The molecule has 3 rings (SSSR count). The molecule has 1 N–H and O–H groups in total. The zero-order valence-electron chi connectivity index (χ0n) is 16.2. The van der Waals surface area contributed by atoms with Crippen LogP contribution in [0.25, 0.3) is 11.3 Å². The van der Waals surface area contributed by atoms with Gasteiger partial charge < -0.3 is 5.32 Å². The third kappa shape index (κ3) is 3.84. The van der Waals surface area contributed by atoms with E-state index < -0.39 is 0 Å². The van der Waals surface area contributed by atoms with Gasteiger partial charge in [-0.25, -0.2) is 9.66 Å². The molecule has 1 aromatic carbocycles. The molecule has 0 atom stereocenters. The highest BCUT2D eigenvalue weighted by Crippen LogP contribution is 2.37. The average molecular weight is 363 g/mol. The molecule has 0 saturated carbocycles. The summed E-state index contributed by atoms with van der Waals surface area (Å²) in [5.74, 6) is -0.115. The Kier molecular flexibility index (Phi) is 5.54. The van der Waals surface area contributed by atoms with Crippen molar-refractivity contribution in [3.8, 4) is 11.3 Å². The summed E-state index contributed by atoms with van der Waals surface area (Å²) < 4.78 is 1.93. The Balaban J connectivity index is 2.22. The van der Waals surface area contributed by atoms with Crippen LogP contribution in [0.1, 0.15) is 31.4 Å². The summed E-state index contributed by atoms with van der Waals surface area (Å²) in [6.07, 6.45) is 8.16. The maximum atomic E-state index is 12.0. The van der Waals surface area contributed by atoms with E-state index in [0.29, 0.717) is 0 Å². The normalized spacial score (nSPS) is 10.7. The van der Waals surface area contributed by atoms with Crippen molar-refractivity contribution in [1.29, 1.82) is 0 Å². The number of aromatic nitrogens is 3. The molecule has 0 aliphatic rings. The van der Waals surface area contributed by atoms with E-state index in [1.807, 2.05) is 41.3 Å². The molecule has 0 aliphatic heterocycles. The number of carbonyl (C=O) groups is 1. The van der Waals surface area contributed by atoms with E-state index in [2.05, 4.69) is 41.1 Å². The topological polar surface area (TPSA) is 63.1 Å². The van der Waals surface area contributed by atoms with Crippen LogP contribution in [0.3, 0.4) is 0 Å². The van der Waals surface area contributed by atoms with Crippen molar-refractivity contribution in [2.24, 2.45) is 0 Å². The predicted octanol–water partition coefficient (Wildman–Crippen LogP) is 4.20. The number of aryl methyl sites for hydroxylation is 1. The number of imidazole rings is 1. The Morgan fingerprint density at radius 1 is 1.22 bits per heavy atom. The molecule has 27 heavy (non-hydrogen) atoms. The zero-order valence-corrected chi connectivity index (χ0v) is 16.2. The summed E-state index contributed by atoms with van der Waals surface area (Å²) in [6, 6.07) is 8.01. The lowest BCUT2D eigenvalue weighted by Crippen LogP contribution is -2.30. The average Bonchev–Trinajstić information content (AvgIpc) is 3.17. The lowest BCUT2D eigenvalue weighted by Gasteiger charge is -2.28. The molecule has 6 heteroatoms. The van der Waals surface area contributed by atoms with Gasteiger partial charge in [-0.15, -0.1) is 0 Å². The molecule has 0 spiro atoms. The largest absolute Gasteiger partial charge is 0.324 e. The smallest absolute Gasteiger partial charge is 0.221 e. The van der Waals surface area contributed by atoms with Crippen LogP contribution in [0.5, 0.6) is 0 Å². The monoisotopic (exact) mass is 363 g/mol. The standard InChI is InChI=1S/C21H25N5O/c1-5-12-26(25-13-11-22-14-25)19-8-6-7-18(21(19)24-17(4)27)20-16(3)15(2)9-10-23-20/h6-11,13-14H,5,12H2,1-4H3,(H,24,27). The quantitative estimate of drug-likeness (QED) is 0.713. The highest BCUT2D eigenvalue weighted by Gasteiger charge is 2.19. The number of carbonyl (C=O) groups excluding carboxylic acids is 1. The van der Waals surface area contributed by atoms with E-state index in [1.165, 1.54) is 12.5 Å². The summed E-state index contributed by atoms with van der Waals surface area (Å²) >= 11 is 0. The molecule has 140 valence electrons. The van der Waals surface area contributed by atoms with Gasteiger partial charge >= 0.3 is 0 Å². The van der Waals surface area contributed by atoms with Crippen molar-refractivity contribution in [3.63, 3.8) is 0 Å². The second-order valence-corrected chi connectivity index (χ2v) is 6.55. The maximum absolute atomic E-state index is 12.0. The van der Waals surface area contributed by atoms with Crippen molar-refractivity contribution < 1.29 is 4.79 Å². The molecule has 1 amide bonds. The van der Waals surface area contributed by atoms with Crippen molar-refractivity contribution >= 4 is 17.3 Å². The molecule has 0 bridgehead atoms. The van der Waals surface area contributed by atoms with Crippen LogP contribution in [0.4, 0.5) is 11.4 Å². The first-order chi connectivity index (χ1) is 13.0. The van der Waals surface area contributed by atoms with Crippen molar-refractivity contribution in [2.45, 2.75) is 34.1 Å². The van der Waals surface area contributed by atoms with E-state index >= 15 is 0 Å². The number of para-hydroxylation sites is 1. The van der Waals surface area contributed by atoms with E-state index in [1.54, 1.807) is 12.5 Å². The van der Waals surface area contributed by atoms with Crippen molar-refractivity contribution in [1.82, 2.24) is 14.6 Å². The first kappa shape index (κ1) is 18.6. The van der Waals surface area contributed by atoms with Crippen LogP contribution in [0.2, 0.25) is 0 Å². The van der Waals surface area contributed by atoms with Crippen LogP contribution in [-0.2, 0) is 4.79 Å². The summed E-state index contributed by atoms with van der Waals surface area (Å²) in [4.78, 5) is 20.8. The minimum atomic E-state index is -0.115. The van der Waals surface area contributed by atoms with E-state index in [0.717, 1.165) is 41.2 Å². The van der Waals surface area contributed by atoms with E-state index in [4.69, 9.17) is 0 Å². The van der Waals surface area contributed by atoms with Gasteiger partial charge in [0.1, 0.15) is 6.33 Å². The summed E-state index contributed by atoms with van der Waals surface area (Å²) in [5.41, 5.74) is 5.72. The van der Waals surface area contributed by atoms with E-state index in [-0.39, 0.29) is 5.91 Å². The summed E-state index contributed by atoms with van der Waals surface area (Å²) in [6.45, 7) is 8.56. The summed E-state index contributed by atoms with van der Waals surface area (Å²) in [7, 11) is 0. The Morgan fingerprint density at radius 3 is 2.70 bits per heavy atom. The minimum Gasteiger partial charge on any atom is -0.324 e. The molecule has 6 nitrogen and oxygen atoms in total. The first-order valence-electron chi connectivity index (χ1n) is 9.12. The van der Waals surface area contributed by atoms with Crippen LogP contribution in [-0.4, -0.2) is 27.1 Å². The molecule has 0 fully saturated rings. The number of anilines is 2. The molecule has 2 heterocycles. The number of nitrogens with one attached hydrogen (secondary N) is 1. The van der Waals surface area contributed by atoms with Gasteiger partial charge in [-0.2, -0.15) is 0 Å². The van der Waals surface area contributed by atoms with Crippen molar-refractivity contribution in [3.05, 3.63) is 60.3 Å². The van der Waals surface area contributed by atoms with Gasteiger partial charge in [-0.1, -0.05) is 19.1 Å². The lowest BCUT2D eigenvalue weighted by atomic mass is 10.0. The minimum absolute atomic E-state index is 0.115. The van der Waals surface area contributed by atoms with Gasteiger partial charge in [0.25, 0.3) is 0 Å². The number of hydrogen-bond donors (Lipinski definition) is 1. The molecule has 3 aromatic rings. The van der Waals surface area contributed by atoms with Gasteiger partial charge in [-0.3, -0.25) is 14.8 Å². The fraction of sp³-hybridized carbons (Fsp3) is 0.286. The Hall–Kier alpha value is -3.15. The third-order valence-corrected chi connectivity index (χ3v) is 4.56. The third-order valence-electron chi connectivity index (χ3n) is 4.56. The maximum Gasteiger partial charge on any atom is 0.221 e.